The number of hydrogen-bond acceptors (Lipinski definition) is 4. The van der Waals surface area contributed by atoms with Gasteiger partial charge in [-0.05, 0) is 43.3 Å². The van der Waals surface area contributed by atoms with E-state index in [9.17, 15) is 18.0 Å². The highest BCUT2D eigenvalue weighted by atomic mass is 35.5. The third-order valence-corrected chi connectivity index (χ3v) is 3.86. The van der Waals surface area contributed by atoms with Gasteiger partial charge in [0.2, 0.25) is 0 Å². The van der Waals surface area contributed by atoms with E-state index >= 15 is 0 Å². The summed E-state index contributed by atoms with van der Waals surface area (Å²) >= 11 is 5.81. The molecule has 1 amide bonds. The Balaban J connectivity index is 0.000000423. The molecule has 11 heteroatoms. The number of rotatable bonds is 2. The molecular weight excluding hydrogens is 437 g/mol. The van der Waals surface area contributed by atoms with Crippen molar-refractivity contribution in [3.63, 3.8) is 0 Å². The second-order valence-corrected chi connectivity index (χ2v) is 6.26. The molecule has 0 aliphatic heterocycles. The lowest BCUT2D eigenvalue weighted by Crippen LogP contribution is -2.21. The maximum atomic E-state index is 12.0. The third-order valence-electron chi connectivity index (χ3n) is 3.61. The van der Waals surface area contributed by atoms with Crippen molar-refractivity contribution in [1.82, 2.24) is 15.2 Å². The number of H-pyrrole nitrogens is 1. The number of amides is 1. The number of benzene rings is 1. The molecule has 0 aliphatic carbocycles. The van der Waals surface area contributed by atoms with Crippen LogP contribution in [0.4, 0.5) is 19.0 Å². The van der Waals surface area contributed by atoms with Crippen LogP contribution in [0.3, 0.4) is 0 Å². The number of hydrogen-bond donors (Lipinski definition) is 3. The summed E-state index contributed by atoms with van der Waals surface area (Å²) in [6.45, 7) is 1.88. The van der Waals surface area contributed by atoms with Gasteiger partial charge in [0.05, 0.1) is 5.69 Å². The highest BCUT2D eigenvalue weighted by Gasteiger charge is 2.38. The van der Waals surface area contributed by atoms with E-state index < -0.39 is 18.1 Å². The first-order valence-corrected chi connectivity index (χ1v) is 8.79. The number of aromatic amines is 1. The molecule has 2 aromatic heterocycles. The molecule has 1 aromatic carbocycles. The van der Waals surface area contributed by atoms with Crippen LogP contribution in [0, 0.1) is 18.8 Å². The van der Waals surface area contributed by atoms with E-state index in [-0.39, 0.29) is 0 Å². The molecule has 0 saturated carbocycles. The molecule has 31 heavy (non-hydrogen) atoms. The average Bonchev–Trinajstić information content (AvgIpc) is 3.08. The van der Waals surface area contributed by atoms with Crippen molar-refractivity contribution in [2.24, 2.45) is 0 Å². The van der Waals surface area contributed by atoms with Gasteiger partial charge >= 0.3 is 18.1 Å². The number of nitrogens with zero attached hydrogens (tertiary/aromatic N) is 2. The summed E-state index contributed by atoms with van der Waals surface area (Å²) in [5.41, 5.74) is 3.24. The lowest BCUT2D eigenvalue weighted by molar-refractivity contribution is -0.192. The monoisotopic (exact) mass is 450 g/mol. The van der Waals surface area contributed by atoms with Gasteiger partial charge < -0.3 is 5.11 Å². The fourth-order valence-corrected chi connectivity index (χ4v) is 2.24. The molecule has 7 nitrogen and oxygen atoms in total. The number of anilines is 1. The van der Waals surface area contributed by atoms with Crippen molar-refractivity contribution in [3.8, 4) is 23.1 Å². The summed E-state index contributed by atoms with van der Waals surface area (Å²) in [5.74, 6) is 2.68. The van der Waals surface area contributed by atoms with E-state index in [2.05, 4.69) is 32.3 Å². The van der Waals surface area contributed by atoms with Crippen LogP contribution in [0.1, 0.15) is 11.1 Å². The number of carboxylic acid groups (broad SMARTS) is 1. The van der Waals surface area contributed by atoms with Gasteiger partial charge in [-0.1, -0.05) is 17.5 Å². The lowest BCUT2D eigenvalue weighted by atomic mass is 10.1. The molecule has 0 aliphatic rings. The number of alkyl halides is 3. The summed E-state index contributed by atoms with van der Waals surface area (Å²) < 4.78 is 31.7. The Morgan fingerprint density at radius 2 is 1.71 bits per heavy atom. The van der Waals surface area contributed by atoms with Crippen molar-refractivity contribution in [2.45, 2.75) is 13.1 Å². The Morgan fingerprint density at radius 1 is 1.13 bits per heavy atom. The molecule has 160 valence electrons. The van der Waals surface area contributed by atoms with E-state index in [0.717, 1.165) is 16.8 Å². The minimum absolute atomic E-state index is 0.419. The van der Waals surface area contributed by atoms with Crippen molar-refractivity contribution < 1.29 is 27.9 Å². The van der Waals surface area contributed by atoms with E-state index in [1.807, 2.05) is 19.1 Å². The van der Waals surface area contributed by atoms with E-state index in [1.54, 1.807) is 36.7 Å². The summed E-state index contributed by atoms with van der Waals surface area (Å²) in [6.07, 6.45) is -1.70. The number of pyridine rings is 1. The van der Waals surface area contributed by atoms with Gasteiger partial charge in [0.1, 0.15) is 5.82 Å². The van der Waals surface area contributed by atoms with Crippen molar-refractivity contribution in [2.75, 3.05) is 5.32 Å². The Hall–Kier alpha value is -3.84. The third kappa shape index (κ3) is 7.17. The molecule has 0 saturated heterocycles. The summed E-state index contributed by atoms with van der Waals surface area (Å²) in [4.78, 5) is 24.9. The molecule has 0 atom stereocenters. The number of carbonyl (C=O) groups excluding carboxylic acids is 1. The van der Waals surface area contributed by atoms with Crippen molar-refractivity contribution in [1.29, 1.82) is 0 Å². The van der Waals surface area contributed by atoms with Gasteiger partial charge in [0.25, 0.3) is 0 Å². The molecule has 3 N–H and O–H groups in total. The predicted octanol–water partition coefficient (Wildman–Crippen LogP) is 4.06. The molecule has 0 bridgehead atoms. The predicted molar refractivity (Wildman–Crippen MR) is 107 cm³/mol. The quantitative estimate of drug-likeness (QED) is 0.510. The topological polar surface area (TPSA) is 108 Å². The van der Waals surface area contributed by atoms with Crippen LogP contribution < -0.4 is 5.32 Å². The molecule has 3 aromatic rings. The van der Waals surface area contributed by atoms with Crippen LogP contribution in [-0.2, 0) is 9.59 Å². The minimum atomic E-state index is -5.08. The maximum Gasteiger partial charge on any atom is 0.490 e. The zero-order valence-corrected chi connectivity index (χ0v) is 16.5. The first-order chi connectivity index (χ1) is 14.6. The van der Waals surface area contributed by atoms with E-state index in [0.29, 0.717) is 16.4 Å². The maximum absolute atomic E-state index is 12.0. The lowest BCUT2D eigenvalue weighted by Gasteiger charge is -2.00. The highest BCUT2D eigenvalue weighted by molar-refractivity contribution is 6.30. The molecule has 0 unspecified atom stereocenters. The number of aliphatic carboxylic acids is 1. The molecule has 3 rings (SSSR count). The molecule has 0 radical (unpaired) electrons. The first-order valence-electron chi connectivity index (χ1n) is 8.42. The van der Waals surface area contributed by atoms with Crippen LogP contribution in [-0.4, -0.2) is 38.3 Å². The number of carbonyl (C=O) groups is 2. The second kappa shape index (κ2) is 10.3. The van der Waals surface area contributed by atoms with Gasteiger partial charge in [0, 0.05) is 40.0 Å². The Kier molecular flexibility index (Phi) is 7.76. The molecular formula is C20H14ClF3N4O3. The van der Waals surface area contributed by atoms with Gasteiger partial charge in [-0.15, -0.1) is 0 Å². The summed E-state index contributed by atoms with van der Waals surface area (Å²) in [6, 6.07) is 10.7. The Morgan fingerprint density at radius 3 is 2.26 bits per heavy atom. The highest BCUT2D eigenvalue weighted by Crippen LogP contribution is 2.25. The zero-order chi connectivity index (χ0) is 23.0. The van der Waals surface area contributed by atoms with Crippen LogP contribution in [0.2, 0.25) is 5.02 Å². The fourth-order valence-electron chi connectivity index (χ4n) is 2.12. The van der Waals surface area contributed by atoms with Crippen LogP contribution in [0.5, 0.6) is 0 Å². The standard InChI is InChI=1S/C18H13ClN4O.C2HF3O2/c1-12-17(14-8-10-20-11-9-14)22-23-18(12)21-16(24)7-4-13-2-5-15(19)6-3-13;3-2(4,5)1(6)7/h2-3,5-6,8-11H,1H3,(H2,21,22,23,24);(H,6,7). The summed E-state index contributed by atoms with van der Waals surface area (Å²) in [5, 5.41) is 17.5. The van der Waals surface area contributed by atoms with Gasteiger partial charge in [-0.3, -0.25) is 20.2 Å². The molecule has 0 fully saturated rings. The largest absolute Gasteiger partial charge is 0.490 e. The number of aromatic nitrogens is 3. The van der Waals surface area contributed by atoms with Crippen LogP contribution in [0.15, 0.2) is 48.8 Å². The smallest absolute Gasteiger partial charge is 0.475 e. The van der Waals surface area contributed by atoms with Gasteiger partial charge in [-0.25, -0.2) is 4.79 Å². The Labute approximate surface area is 179 Å². The van der Waals surface area contributed by atoms with E-state index in [4.69, 9.17) is 21.5 Å². The Bertz CT molecular complexity index is 1120. The van der Waals surface area contributed by atoms with Crippen LogP contribution in [0.25, 0.3) is 11.3 Å². The number of nitrogens with one attached hydrogen (secondary N) is 2. The SMILES string of the molecule is Cc1c(-c2ccncc2)n[nH]c1NC(=O)C#Cc1ccc(Cl)cc1.O=C(O)C(F)(F)F. The van der Waals surface area contributed by atoms with Gasteiger partial charge in [-0.2, -0.15) is 18.3 Å². The minimum Gasteiger partial charge on any atom is -0.475 e. The number of halogens is 4. The van der Waals surface area contributed by atoms with Crippen molar-refractivity contribution in [3.05, 3.63) is 64.9 Å². The van der Waals surface area contributed by atoms with Gasteiger partial charge in [0.15, 0.2) is 0 Å². The zero-order valence-electron chi connectivity index (χ0n) is 15.8. The van der Waals surface area contributed by atoms with Crippen molar-refractivity contribution >= 4 is 29.3 Å². The van der Waals surface area contributed by atoms with Crippen LogP contribution >= 0.6 is 11.6 Å². The fraction of sp³-hybridized carbons (Fsp3) is 0.100. The molecule has 2 heterocycles. The average molecular weight is 451 g/mol. The summed E-state index contributed by atoms with van der Waals surface area (Å²) in [7, 11) is 0. The van der Waals surface area contributed by atoms with E-state index in [1.165, 1.54) is 0 Å². The second-order valence-electron chi connectivity index (χ2n) is 5.82. The normalized spacial score (nSPS) is 10.2. The molecule has 0 spiro atoms. The first kappa shape index (κ1) is 23.4. The number of carboxylic acids is 1.